The summed E-state index contributed by atoms with van der Waals surface area (Å²) in [6.07, 6.45) is 1.47. The van der Waals surface area contributed by atoms with E-state index >= 15 is 0 Å². The first-order valence-corrected chi connectivity index (χ1v) is 5.88. The van der Waals surface area contributed by atoms with Crippen molar-refractivity contribution in [1.29, 1.82) is 5.26 Å². The molecule has 0 radical (unpaired) electrons. The first-order chi connectivity index (χ1) is 8.42. The van der Waals surface area contributed by atoms with Gasteiger partial charge in [-0.15, -0.1) is 0 Å². The Hall–Kier alpha value is -2.07. The predicted octanol–water partition coefficient (Wildman–Crippen LogP) is 4.12. The highest BCUT2D eigenvalue weighted by atomic mass is 14.2. The number of benzene rings is 2. The molecule has 0 aromatic heterocycles. The fourth-order valence-corrected chi connectivity index (χ4v) is 2.11. The van der Waals surface area contributed by atoms with E-state index in [9.17, 15) is 0 Å². The summed E-state index contributed by atoms with van der Waals surface area (Å²) < 4.78 is 0. The molecular formula is C16H15N. The van der Waals surface area contributed by atoms with Crippen molar-refractivity contribution in [2.24, 2.45) is 0 Å². The van der Waals surface area contributed by atoms with Gasteiger partial charge in [0.15, 0.2) is 0 Å². The molecule has 0 heterocycles. The molecule has 84 valence electrons. The zero-order valence-corrected chi connectivity index (χ0v) is 9.71. The summed E-state index contributed by atoms with van der Waals surface area (Å²) >= 11 is 0. The van der Waals surface area contributed by atoms with E-state index in [1.54, 1.807) is 0 Å². The molecule has 2 aromatic carbocycles. The molecule has 0 unspecified atom stereocenters. The molecule has 1 heteroatoms. The highest BCUT2D eigenvalue weighted by Crippen LogP contribution is 2.28. The Labute approximate surface area is 102 Å². The summed E-state index contributed by atoms with van der Waals surface area (Å²) in [4.78, 5) is 0. The van der Waals surface area contributed by atoms with Crippen molar-refractivity contribution in [3.8, 4) is 6.07 Å². The monoisotopic (exact) mass is 221 g/mol. The van der Waals surface area contributed by atoms with Crippen LogP contribution in [-0.4, -0.2) is 0 Å². The number of nitriles is 1. The predicted molar refractivity (Wildman–Crippen MR) is 69.6 cm³/mol. The van der Waals surface area contributed by atoms with Crippen molar-refractivity contribution in [3.63, 3.8) is 0 Å². The fraction of sp³-hybridized carbons (Fsp3) is 0.188. The van der Waals surface area contributed by atoms with Gasteiger partial charge in [-0.1, -0.05) is 60.7 Å². The van der Waals surface area contributed by atoms with Gasteiger partial charge in [0.2, 0.25) is 0 Å². The maximum absolute atomic E-state index is 8.76. The van der Waals surface area contributed by atoms with Gasteiger partial charge in [0.1, 0.15) is 0 Å². The standard InChI is InChI=1S/C16H15N/c17-13-7-12-16(14-8-3-1-4-9-14)15-10-5-2-6-11-15/h1-6,8-11,16H,7,12H2. The van der Waals surface area contributed by atoms with Crippen molar-refractivity contribution >= 4 is 0 Å². The molecule has 0 fully saturated rings. The average molecular weight is 221 g/mol. The van der Waals surface area contributed by atoms with Crippen LogP contribution in [0.15, 0.2) is 60.7 Å². The first kappa shape index (κ1) is 11.4. The fourth-order valence-electron chi connectivity index (χ4n) is 2.11. The van der Waals surface area contributed by atoms with Gasteiger partial charge in [-0.3, -0.25) is 0 Å². The molecule has 0 amide bonds. The minimum Gasteiger partial charge on any atom is -0.198 e. The van der Waals surface area contributed by atoms with E-state index in [1.807, 2.05) is 12.1 Å². The molecule has 0 saturated heterocycles. The van der Waals surface area contributed by atoms with Crippen molar-refractivity contribution < 1.29 is 0 Å². The van der Waals surface area contributed by atoms with E-state index in [0.29, 0.717) is 12.3 Å². The molecule has 0 atom stereocenters. The first-order valence-electron chi connectivity index (χ1n) is 5.88. The summed E-state index contributed by atoms with van der Waals surface area (Å²) in [5.41, 5.74) is 2.57. The Bertz CT molecular complexity index is 442. The van der Waals surface area contributed by atoms with Gasteiger partial charge in [-0.25, -0.2) is 0 Å². The molecule has 0 spiro atoms. The van der Waals surface area contributed by atoms with E-state index in [-0.39, 0.29) is 0 Å². The normalized spacial score (nSPS) is 10.1. The Balaban J connectivity index is 2.30. The third kappa shape index (κ3) is 2.95. The van der Waals surface area contributed by atoms with Crippen molar-refractivity contribution in [2.45, 2.75) is 18.8 Å². The molecule has 2 rings (SSSR count). The molecule has 17 heavy (non-hydrogen) atoms. The van der Waals surface area contributed by atoms with Gasteiger partial charge in [-0.2, -0.15) is 5.26 Å². The second-order valence-electron chi connectivity index (χ2n) is 4.07. The largest absolute Gasteiger partial charge is 0.198 e. The molecule has 0 saturated carbocycles. The van der Waals surface area contributed by atoms with Gasteiger partial charge in [-0.05, 0) is 17.5 Å². The van der Waals surface area contributed by atoms with Crippen molar-refractivity contribution in [2.75, 3.05) is 0 Å². The number of nitrogens with zero attached hydrogens (tertiary/aromatic N) is 1. The van der Waals surface area contributed by atoms with Crippen LogP contribution in [0.5, 0.6) is 0 Å². The maximum atomic E-state index is 8.76. The third-order valence-electron chi connectivity index (χ3n) is 2.95. The van der Waals surface area contributed by atoms with Gasteiger partial charge < -0.3 is 0 Å². The zero-order valence-electron chi connectivity index (χ0n) is 9.71. The van der Waals surface area contributed by atoms with Gasteiger partial charge in [0, 0.05) is 12.3 Å². The average Bonchev–Trinajstić information content (AvgIpc) is 2.42. The lowest BCUT2D eigenvalue weighted by molar-refractivity contribution is 0.733. The number of rotatable bonds is 4. The number of hydrogen-bond acceptors (Lipinski definition) is 1. The summed E-state index contributed by atoms with van der Waals surface area (Å²) in [6, 6.07) is 23.0. The Morgan fingerprint density at radius 1 is 0.824 bits per heavy atom. The minimum absolute atomic E-state index is 0.331. The van der Waals surface area contributed by atoms with Crippen molar-refractivity contribution in [1.82, 2.24) is 0 Å². The van der Waals surface area contributed by atoms with Gasteiger partial charge in [0.25, 0.3) is 0 Å². The van der Waals surface area contributed by atoms with Gasteiger partial charge in [0.05, 0.1) is 6.07 Å². The summed E-state index contributed by atoms with van der Waals surface area (Å²) in [5, 5.41) is 8.76. The van der Waals surface area contributed by atoms with E-state index in [4.69, 9.17) is 5.26 Å². The van der Waals surface area contributed by atoms with Crippen LogP contribution in [0.3, 0.4) is 0 Å². The minimum atomic E-state index is 0.331. The SMILES string of the molecule is N#CCCC(c1ccccc1)c1ccccc1. The second kappa shape index (κ2) is 5.86. The highest BCUT2D eigenvalue weighted by Gasteiger charge is 2.12. The molecule has 1 nitrogen and oxygen atoms in total. The van der Waals surface area contributed by atoms with Crippen LogP contribution in [0.25, 0.3) is 0 Å². The van der Waals surface area contributed by atoms with Gasteiger partial charge >= 0.3 is 0 Å². The van der Waals surface area contributed by atoms with Crippen LogP contribution >= 0.6 is 0 Å². The Kier molecular flexibility index (Phi) is 3.94. The second-order valence-corrected chi connectivity index (χ2v) is 4.07. The smallest absolute Gasteiger partial charge is 0.0622 e. The maximum Gasteiger partial charge on any atom is 0.0622 e. The molecule has 0 aliphatic carbocycles. The van der Waals surface area contributed by atoms with Crippen LogP contribution in [-0.2, 0) is 0 Å². The van der Waals surface area contributed by atoms with E-state index in [0.717, 1.165) is 6.42 Å². The van der Waals surface area contributed by atoms with E-state index < -0.39 is 0 Å². The molecule has 0 N–H and O–H groups in total. The molecular weight excluding hydrogens is 206 g/mol. The Morgan fingerprint density at radius 2 is 1.29 bits per heavy atom. The third-order valence-corrected chi connectivity index (χ3v) is 2.95. The molecule has 0 bridgehead atoms. The Morgan fingerprint density at radius 3 is 1.71 bits per heavy atom. The van der Waals surface area contributed by atoms with Crippen LogP contribution in [0.1, 0.15) is 29.9 Å². The summed E-state index contributed by atoms with van der Waals surface area (Å²) in [6.45, 7) is 0. The summed E-state index contributed by atoms with van der Waals surface area (Å²) in [5.74, 6) is 0.331. The van der Waals surface area contributed by atoms with Crippen LogP contribution in [0, 0.1) is 11.3 Å². The summed E-state index contributed by atoms with van der Waals surface area (Å²) in [7, 11) is 0. The van der Waals surface area contributed by atoms with Crippen LogP contribution in [0.4, 0.5) is 0 Å². The lowest BCUT2D eigenvalue weighted by Crippen LogP contribution is -2.00. The van der Waals surface area contributed by atoms with E-state index in [2.05, 4.69) is 54.6 Å². The lowest BCUT2D eigenvalue weighted by Gasteiger charge is -2.16. The van der Waals surface area contributed by atoms with Crippen LogP contribution < -0.4 is 0 Å². The molecule has 0 aliphatic rings. The topological polar surface area (TPSA) is 23.8 Å². The number of hydrogen-bond donors (Lipinski definition) is 0. The zero-order chi connectivity index (χ0) is 11.9. The molecule has 2 aromatic rings. The van der Waals surface area contributed by atoms with Crippen LogP contribution in [0.2, 0.25) is 0 Å². The lowest BCUT2D eigenvalue weighted by atomic mass is 9.88. The highest BCUT2D eigenvalue weighted by molar-refractivity contribution is 5.32. The van der Waals surface area contributed by atoms with Crippen molar-refractivity contribution in [3.05, 3.63) is 71.8 Å². The quantitative estimate of drug-likeness (QED) is 0.761. The molecule has 0 aliphatic heterocycles. The van der Waals surface area contributed by atoms with E-state index in [1.165, 1.54) is 11.1 Å².